The van der Waals surface area contributed by atoms with E-state index in [9.17, 15) is 9.18 Å². The lowest BCUT2D eigenvalue weighted by atomic mass is 10.3. The molecule has 8 nitrogen and oxygen atoms in total. The second kappa shape index (κ2) is 8.23. The molecule has 4 rings (SSSR count). The fourth-order valence-electron chi connectivity index (χ4n) is 2.96. The Hall–Kier alpha value is -3.27. The van der Waals surface area contributed by atoms with E-state index in [1.54, 1.807) is 40.0 Å². The zero-order valence-electron chi connectivity index (χ0n) is 16.7. The van der Waals surface area contributed by atoms with E-state index in [0.717, 1.165) is 5.39 Å². The minimum Gasteiger partial charge on any atom is -0.310 e. The summed E-state index contributed by atoms with van der Waals surface area (Å²) in [6.45, 7) is 5.81. The summed E-state index contributed by atoms with van der Waals surface area (Å²) in [4.78, 5) is 21.4. The summed E-state index contributed by atoms with van der Waals surface area (Å²) in [5.74, 6) is 0.180. The zero-order chi connectivity index (χ0) is 21.3. The minimum absolute atomic E-state index is 0.136. The summed E-state index contributed by atoms with van der Waals surface area (Å²) in [5, 5.41) is 12.5. The first kappa shape index (κ1) is 20.0. The summed E-state index contributed by atoms with van der Waals surface area (Å²) in [6.07, 6.45) is 4.75. The van der Waals surface area contributed by atoms with Crippen molar-refractivity contribution in [2.75, 3.05) is 5.32 Å². The van der Waals surface area contributed by atoms with E-state index >= 15 is 0 Å². The third kappa shape index (κ3) is 3.90. The molecule has 0 saturated carbocycles. The second-order valence-electron chi connectivity index (χ2n) is 6.95. The Kier molecular flexibility index (Phi) is 5.49. The van der Waals surface area contributed by atoms with Crippen molar-refractivity contribution in [3.05, 3.63) is 54.9 Å². The van der Waals surface area contributed by atoms with Crippen molar-refractivity contribution in [1.82, 2.24) is 29.5 Å². The van der Waals surface area contributed by atoms with E-state index in [1.165, 1.54) is 30.2 Å². The number of rotatable bonds is 6. The van der Waals surface area contributed by atoms with Gasteiger partial charge in [-0.2, -0.15) is 10.2 Å². The molecule has 0 bridgehead atoms. The van der Waals surface area contributed by atoms with Crippen LogP contribution >= 0.6 is 11.8 Å². The zero-order valence-corrected chi connectivity index (χ0v) is 17.5. The third-order valence-electron chi connectivity index (χ3n) is 4.47. The van der Waals surface area contributed by atoms with E-state index in [2.05, 4.69) is 25.5 Å². The summed E-state index contributed by atoms with van der Waals surface area (Å²) >= 11 is 1.32. The Morgan fingerprint density at radius 1 is 1.10 bits per heavy atom. The van der Waals surface area contributed by atoms with Crippen molar-refractivity contribution in [3.8, 4) is 5.69 Å². The molecule has 0 aliphatic heterocycles. The van der Waals surface area contributed by atoms with Crippen LogP contribution in [0.1, 0.15) is 26.8 Å². The first-order valence-electron chi connectivity index (χ1n) is 9.39. The normalized spacial score (nSPS) is 12.4. The maximum absolute atomic E-state index is 13.2. The van der Waals surface area contributed by atoms with Crippen LogP contribution in [-0.2, 0) is 4.79 Å². The molecule has 154 valence electrons. The predicted molar refractivity (Wildman–Crippen MR) is 113 cm³/mol. The Balaban J connectivity index is 1.55. The van der Waals surface area contributed by atoms with Gasteiger partial charge in [0.05, 0.1) is 28.7 Å². The SMILES string of the molecule is CC(C)n1nccc1NC(=O)[C@H](C)Sc1ncnc2c1cnn2-c1ccc(F)cc1. The van der Waals surface area contributed by atoms with E-state index in [4.69, 9.17) is 0 Å². The summed E-state index contributed by atoms with van der Waals surface area (Å²) in [5.41, 5.74) is 1.28. The molecule has 0 saturated heterocycles. The minimum atomic E-state index is -0.409. The number of hydrogen-bond donors (Lipinski definition) is 1. The molecule has 1 atom stereocenters. The maximum atomic E-state index is 13.2. The van der Waals surface area contributed by atoms with Gasteiger partial charge in [0, 0.05) is 12.1 Å². The van der Waals surface area contributed by atoms with Crippen LogP contribution in [0.25, 0.3) is 16.7 Å². The van der Waals surface area contributed by atoms with Crippen molar-refractivity contribution in [1.29, 1.82) is 0 Å². The molecule has 0 fully saturated rings. The fourth-order valence-corrected chi connectivity index (χ4v) is 3.84. The van der Waals surface area contributed by atoms with Crippen LogP contribution in [0.3, 0.4) is 0 Å². The number of aromatic nitrogens is 6. The van der Waals surface area contributed by atoms with E-state index in [-0.39, 0.29) is 17.8 Å². The number of benzene rings is 1. The number of hydrogen-bond acceptors (Lipinski definition) is 6. The number of fused-ring (bicyclic) bond motifs is 1. The molecule has 4 aromatic rings. The lowest BCUT2D eigenvalue weighted by molar-refractivity contribution is -0.115. The predicted octanol–water partition coefficient (Wildman–Crippen LogP) is 3.85. The number of nitrogens with one attached hydrogen (secondary N) is 1. The molecule has 0 aliphatic carbocycles. The highest BCUT2D eigenvalue weighted by Gasteiger charge is 2.20. The van der Waals surface area contributed by atoms with Gasteiger partial charge in [-0.3, -0.25) is 4.79 Å². The molecular formula is C20H20FN7OS. The number of carbonyl (C=O) groups is 1. The van der Waals surface area contributed by atoms with Crippen LogP contribution in [0.4, 0.5) is 10.2 Å². The lowest BCUT2D eigenvalue weighted by Crippen LogP contribution is -2.24. The first-order valence-corrected chi connectivity index (χ1v) is 10.3. The van der Waals surface area contributed by atoms with Gasteiger partial charge in [0.2, 0.25) is 5.91 Å². The number of nitrogens with zero attached hydrogens (tertiary/aromatic N) is 6. The average Bonchev–Trinajstić information content (AvgIpc) is 3.36. The van der Waals surface area contributed by atoms with Crippen LogP contribution in [0.2, 0.25) is 0 Å². The average molecular weight is 425 g/mol. The van der Waals surface area contributed by atoms with Crippen LogP contribution in [0, 0.1) is 5.82 Å². The Bertz CT molecular complexity index is 1190. The van der Waals surface area contributed by atoms with Gasteiger partial charge in [0.1, 0.15) is 23.0 Å². The highest BCUT2D eigenvalue weighted by molar-refractivity contribution is 8.00. The smallest absolute Gasteiger partial charge is 0.238 e. The van der Waals surface area contributed by atoms with Crippen molar-refractivity contribution in [3.63, 3.8) is 0 Å². The van der Waals surface area contributed by atoms with Gasteiger partial charge < -0.3 is 5.32 Å². The Morgan fingerprint density at radius 2 is 1.87 bits per heavy atom. The maximum Gasteiger partial charge on any atom is 0.238 e. The van der Waals surface area contributed by atoms with Crippen LogP contribution < -0.4 is 5.32 Å². The summed E-state index contributed by atoms with van der Waals surface area (Å²) < 4.78 is 16.6. The molecule has 0 unspecified atom stereocenters. The highest BCUT2D eigenvalue weighted by Crippen LogP contribution is 2.29. The molecule has 10 heteroatoms. The lowest BCUT2D eigenvalue weighted by Gasteiger charge is -2.14. The standard InChI is InChI=1S/C20H20FN7OS/c1-12(2)27-17(8-9-24-27)26-19(29)13(3)30-20-16-10-25-28(18(16)22-11-23-20)15-6-4-14(21)5-7-15/h4-13H,1-3H3,(H,26,29)/t13-/m0/s1. The summed E-state index contributed by atoms with van der Waals surface area (Å²) in [6, 6.07) is 7.90. The van der Waals surface area contributed by atoms with Gasteiger partial charge in [0.15, 0.2) is 5.65 Å². The van der Waals surface area contributed by atoms with Gasteiger partial charge in [-0.25, -0.2) is 23.7 Å². The largest absolute Gasteiger partial charge is 0.310 e. The first-order chi connectivity index (χ1) is 14.4. The number of halogens is 1. The Morgan fingerprint density at radius 3 is 2.60 bits per heavy atom. The van der Waals surface area contributed by atoms with Crippen molar-refractivity contribution >= 4 is 34.5 Å². The van der Waals surface area contributed by atoms with Gasteiger partial charge in [-0.05, 0) is 45.0 Å². The van der Waals surface area contributed by atoms with Crippen LogP contribution in [0.5, 0.6) is 0 Å². The molecule has 1 aromatic carbocycles. The number of thioether (sulfide) groups is 1. The molecule has 3 aromatic heterocycles. The van der Waals surface area contributed by atoms with Gasteiger partial charge in [0.25, 0.3) is 0 Å². The molecule has 1 amide bonds. The van der Waals surface area contributed by atoms with E-state index < -0.39 is 5.25 Å². The van der Waals surface area contributed by atoms with Crippen LogP contribution in [0.15, 0.2) is 54.1 Å². The quantitative estimate of drug-likeness (QED) is 0.373. The van der Waals surface area contributed by atoms with E-state index in [0.29, 0.717) is 22.2 Å². The molecular weight excluding hydrogens is 405 g/mol. The fraction of sp³-hybridized carbons (Fsp3) is 0.250. The Labute approximate surface area is 176 Å². The second-order valence-corrected chi connectivity index (χ2v) is 8.28. The van der Waals surface area contributed by atoms with Gasteiger partial charge in [-0.1, -0.05) is 11.8 Å². The monoisotopic (exact) mass is 425 g/mol. The van der Waals surface area contributed by atoms with E-state index in [1.807, 2.05) is 20.8 Å². The molecule has 0 aliphatic rings. The van der Waals surface area contributed by atoms with Crippen LogP contribution in [-0.4, -0.2) is 40.7 Å². The number of amides is 1. The summed E-state index contributed by atoms with van der Waals surface area (Å²) in [7, 11) is 0. The highest BCUT2D eigenvalue weighted by atomic mass is 32.2. The topological polar surface area (TPSA) is 90.5 Å². The number of carbonyl (C=O) groups excluding carboxylic acids is 1. The van der Waals surface area contributed by atoms with Crippen molar-refractivity contribution in [2.24, 2.45) is 0 Å². The molecule has 0 radical (unpaired) electrons. The molecule has 0 spiro atoms. The van der Waals surface area contributed by atoms with Gasteiger partial charge in [-0.15, -0.1) is 0 Å². The van der Waals surface area contributed by atoms with Crippen molar-refractivity contribution in [2.45, 2.75) is 37.1 Å². The molecule has 1 N–H and O–H groups in total. The van der Waals surface area contributed by atoms with Crippen molar-refractivity contribution < 1.29 is 9.18 Å². The molecule has 30 heavy (non-hydrogen) atoms. The van der Waals surface area contributed by atoms with Gasteiger partial charge >= 0.3 is 0 Å². The third-order valence-corrected chi connectivity index (χ3v) is 5.58. The molecule has 3 heterocycles. The number of anilines is 1.